The number of nitrogens with one attached hydrogen (secondary N) is 1. The van der Waals surface area contributed by atoms with E-state index in [2.05, 4.69) is 31.3 Å². The minimum atomic E-state index is 0.259. The Balaban J connectivity index is 2.61. The number of benzene rings is 1. The number of aldehydes is 1. The van der Waals surface area contributed by atoms with E-state index < -0.39 is 0 Å². The second-order valence-electron chi connectivity index (χ2n) is 3.52. The van der Waals surface area contributed by atoms with Gasteiger partial charge >= 0.3 is 0 Å². The molecule has 0 saturated heterocycles. The first-order valence-corrected chi connectivity index (χ1v) is 5.03. The average molecular weight is 191 g/mol. The normalized spacial score (nSPS) is 12.1. The Morgan fingerprint density at radius 3 is 2.86 bits per heavy atom. The maximum atomic E-state index is 10.4. The molecule has 0 aromatic heterocycles. The Hall–Kier alpha value is -1.31. The molecule has 1 atom stereocenters. The van der Waals surface area contributed by atoms with Gasteiger partial charge in [-0.1, -0.05) is 19.1 Å². The van der Waals surface area contributed by atoms with E-state index in [1.54, 1.807) is 0 Å². The van der Waals surface area contributed by atoms with Crippen molar-refractivity contribution < 1.29 is 4.79 Å². The fraction of sp³-hybridized carbons (Fsp3) is 0.417. The van der Waals surface area contributed by atoms with Gasteiger partial charge in [0.05, 0.1) is 0 Å². The number of hydrogen-bond donors (Lipinski definition) is 1. The van der Waals surface area contributed by atoms with Crippen LogP contribution in [0.2, 0.25) is 0 Å². The molecule has 2 nitrogen and oxygen atoms in total. The van der Waals surface area contributed by atoms with E-state index in [0.717, 1.165) is 18.4 Å². The molecule has 0 amide bonds. The van der Waals surface area contributed by atoms with Crippen LogP contribution in [0, 0.1) is 6.92 Å². The van der Waals surface area contributed by atoms with Crippen LogP contribution in [0.25, 0.3) is 0 Å². The molecule has 0 heterocycles. The van der Waals surface area contributed by atoms with E-state index in [-0.39, 0.29) is 6.04 Å². The summed E-state index contributed by atoms with van der Waals surface area (Å²) in [5.74, 6) is 0. The highest BCUT2D eigenvalue weighted by Gasteiger charge is 2.04. The highest BCUT2D eigenvalue weighted by molar-refractivity contribution is 5.53. The SMILES string of the molecule is CC[C@@H](CC=O)Nc1cccc(C)c1. The van der Waals surface area contributed by atoms with Crippen LogP contribution in [-0.2, 0) is 4.79 Å². The Labute approximate surface area is 85.3 Å². The highest BCUT2D eigenvalue weighted by atomic mass is 16.1. The minimum absolute atomic E-state index is 0.259. The summed E-state index contributed by atoms with van der Waals surface area (Å²) in [6.07, 6.45) is 2.51. The van der Waals surface area contributed by atoms with Crippen molar-refractivity contribution in [1.29, 1.82) is 0 Å². The number of hydrogen-bond acceptors (Lipinski definition) is 2. The molecule has 1 rings (SSSR count). The van der Waals surface area contributed by atoms with Crippen molar-refractivity contribution in [1.82, 2.24) is 0 Å². The Morgan fingerprint density at radius 1 is 1.50 bits per heavy atom. The molecular weight excluding hydrogens is 174 g/mol. The van der Waals surface area contributed by atoms with Crippen LogP contribution < -0.4 is 5.32 Å². The lowest BCUT2D eigenvalue weighted by molar-refractivity contribution is -0.108. The Morgan fingerprint density at radius 2 is 2.29 bits per heavy atom. The first kappa shape index (κ1) is 10.8. The molecule has 0 aliphatic rings. The van der Waals surface area contributed by atoms with Gasteiger partial charge in [0.15, 0.2) is 0 Å². The molecule has 0 aliphatic heterocycles. The first-order chi connectivity index (χ1) is 6.76. The molecule has 0 aliphatic carbocycles. The van der Waals surface area contributed by atoms with Gasteiger partial charge in [0.1, 0.15) is 6.29 Å². The fourth-order valence-electron chi connectivity index (χ4n) is 1.41. The monoisotopic (exact) mass is 191 g/mol. The van der Waals surface area contributed by atoms with Crippen LogP contribution in [0.4, 0.5) is 5.69 Å². The Kier molecular flexibility index (Phi) is 4.17. The number of anilines is 1. The summed E-state index contributed by atoms with van der Waals surface area (Å²) in [5.41, 5.74) is 2.33. The zero-order chi connectivity index (χ0) is 10.4. The summed E-state index contributed by atoms with van der Waals surface area (Å²) in [6.45, 7) is 4.14. The standard InChI is InChI=1S/C12H17NO/c1-3-11(7-8-14)13-12-6-4-5-10(2)9-12/h4-6,8-9,11,13H,3,7H2,1-2H3/t11-/m0/s1. The summed E-state index contributed by atoms with van der Waals surface area (Å²) in [6, 6.07) is 8.46. The quantitative estimate of drug-likeness (QED) is 0.725. The second kappa shape index (κ2) is 5.43. The largest absolute Gasteiger partial charge is 0.382 e. The molecule has 0 radical (unpaired) electrons. The Bertz CT molecular complexity index is 296. The van der Waals surface area contributed by atoms with Crippen molar-refractivity contribution >= 4 is 12.0 Å². The minimum Gasteiger partial charge on any atom is -0.382 e. The van der Waals surface area contributed by atoms with Crippen LogP contribution in [0.5, 0.6) is 0 Å². The van der Waals surface area contributed by atoms with Gasteiger partial charge < -0.3 is 10.1 Å². The second-order valence-corrected chi connectivity index (χ2v) is 3.52. The van der Waals surface area contributed by atoms with E-state index in [1.165, 1.54) is 5.56 Å². The molecular formula is C12H17NO. The van der Waals surface area contributed by atoms with Gasteiger partial charge in [-0.25, -0.2) is 0 Å². The number of carbonyl (C=O) groups excluding carboxylic acids is 1. The van der Waals surface area contributed by atoms with Crippen LogP contribution in [0.3, 0.4) is 0 Å². The fourth-order valence-corrected chi connectivity index (χ4v) is 1.41. The highest BCUT2D eigenvalue weighted by Crippen LogP contribution is 2.12. The number of aryl methyl sites for hydroxylation is 1. The van der Waals surface area contributed by atoms with Crippen molar-refractivity contribution in [2.24, 2.45) is 0 Å². The smallest absolute Gasteiger partial charge is 0.122 e. The van der Waals surface area contributed by atoms with Crippen LogP contribution in [0.1, 0.15) is 25.3 Å². The first-order valence-electron chi connectivity index (χ1n) is 5.03. The van der Waals surface area contributed by atoms with Crippen molar-refractivity contribution in [2.75, 3.05) is 5.32 Å². The van der Waals surface area contributed by atoms with Gasteiger partial charge in [0, 0.05) is 18.2 Å². The molecule has 1 N–H and O–H groups in total. The molecule has 0 spiro atoms. The van der Waals surface area contributed by atoms with Crippen LogP contribution >= 0.6 is 0 Å². The van der Waals surface area contributed by atoms with Crippen molar-refractivity contribution in [3.05, 3.63) is 29.8 Å². The number of carbonyl (C=O) groups is 1. The third-order valence-electron chi connectivity index (χ3n) is 2.26. The summed E-state index contributed by atoms with van der Waals surface area (Å²) < 4.78 is 0. The molecule has 0 saturated carbocycles. The van der Waals surface area contributed by atoms with Crippen molar-refractivity contribution in [3.8, 4) is 0 Å². The van der Waals surface area contributed by atoms with E-state index in [0.29, 0.717) is 6.42 Å². The predicted octanol–water partition coefficient (Wildman–Crippen LogP) is 2.77. The van der Waals surface area contributed by atoms with E-state index >= 15 is 0 Å². The topological polar surface area (TPSA) is 29.1 Å². The van der Waals surface area contributed by atoms with E-state index in [1.807, 2.05) is 12.1 Å². The lowest BCUT2D eigenvalue weighted by Crippen LogP contribution is -2.18. The van der Waals surface area contributed by atoms with E-state index in [9.17, 15) is 4.79 Å². The third-order valence-corrected chi connectivity index (χ3v) is 2.26. The molecule has 0 fully saturated rings. The van der Waals surface area contributed by atoms with Gasteiger partial charge in [-0.2, -0.15) is 0 Å². The summed E-state index contributed by atoms with van der Waals surface area (Å²) in [5, 5.41) is 3.34. The van der Waals surface area contributed by atoms with Crippen LogP contribution in [0.15, 0.2) is 24.3 Å². The molecule has 76 valence electrons. The maximum absolute atomic E-state index is 10.4. The lowest BCUT2D eigenvalue weighted by Gasteiger charge is -2.15. The average Bonchev–Trinajstić information content (AvgIpc) is 2.17. The van der Waals surface area contributed by atoms with Crippen LogP contribution in [-0.4, -0.2) is 12.3 Å². The van der Waals surface area contributed by atoms with Gasteiger partial charge in [0.25, 0.3) is 0 Å². The molecule has 2 heteroatoms. The lowest BCUT2D eigenvalue weighted by atomic mass is 10.1. The third kappa shape index (κ3) is 3.21. The van der Waals surface area contributed by atoms with Gasteiger partial charge in [-0.15, -0.1) is 0 Å². The van der Waals surface area contributed by atoms with Crippen molar-refractivity contribution in [3.63, 3.8) is 0 Å². The zero-order valence-corrected chi connectivity index (χ0v) is 8.79. The summed E-state index contributed by atoms with van der Waals surface area (Å²) in [7, 11) is 0. The van der Waals surface area contributed by atoms with Gasteiger partial charge in [-0.3, -0.25) is 0 Å². The zero-order valence-electron chi connectivity index (χ0n) is 8.79. The molecule has 1 aromatic rings. The predicted molar refractivity (Wildman–Crippen MR) is 59.6 cm³/mol. The van der Waals surface area contributed by atoms with E-state index in [4.69, 9.17) is 0 Å². The van der Waals surface area contributed by atoms with Gasteiger partial charge in [-0.05, 0) is 31.0 Å². The van der Waals surface area contributed by atoms with Gasteiger partial charge in [0.2, 0.25) is 0 Å². The summed E-state index contributed by atoms with van der Waals surface area (Å²) >= 11 is 0. The number of rotatable bonds is 5. The van der Waals surface area contributed by atoms with Crippen molar-refractivity contribution in [2.45, 2.75) is 32.7 Å². The molecule has 0 bridgehead atoms. The molecule has 1 aromatic carbocycles. The maximum Gasteiger partial charge on any atom is 0.122 e. The molecule has 0 unspecified atom stereocenters. The summed E-state index contributed by atoms with van der Waals surface area (Å²) in [4.78, 5) is 10.4. The molecule has 14 heavy (non-hydrogen) atoms.